The Hall–Kier alpha value is -2.73. The molecule has 6 nitrogen and oxygen atoms in total. The third kappa shape index (κ3) is 4.39. The minimum absolute atomic E-state index is 0.121. The lowest BCUT2D eigenvalue weighted by Gasteiger charge is -2.11. The first-order valence-electron chi connectivity index (χ1n) is 7.01. The molecule has 0 spiro atoms. The number of benzene rings is 2. The molecular formula is C17H16ClNO5. The van der Waals surface area contributed by atoms with Crippen LogP contribution < -0.4 is 0 Å². The molecule has 2 aromatic carbocycles. The van der Waals surface area contributed by atoms with Crippen LogP contribution >= 0.6 is 11.6 Å². The van der Waals surface area contributed by atoms with Crippen molar-refractivity contribution in [2.24, 2.45) is 4.99 Å². The number of phenolic OH excluding ortho intramolecular Hbond substituents is 3. The van der Waals surface area contributed by atoms with Crippen LogP contribution in [-0.4, -0.2) is 40.7 Å². The molecule has 0 amide bonds. The molecule has 126 valence electrons. The molecule has 24 heavy (non-hydrogen) atoms. The Balaban J connectivity index is 2.26. The van der Waals surface area contributed by atoms with E-state index in [0.717, 1.165) is 5.56 Å². The first-order valence-corrected chi connectivity index (χ1v) is 7.39. The van der Waals surface area contributed by atoms with Gasteiger partial charge < -0.3 is 20.1 Å². The van der Waals surface area contributed by atoms with Gasteiger partial charge in [-0.3, -0.25) is 4.99 Å². The number of ether oxygens (including phenoxy) is 1. The number of esters is 1. The largest absolute Gasteiger partial charge is 0.508 e. The van der Waals surface area contributed by atoms with E-state index in [2.05, 4.69) is 4.99 Å². The van der Waals surface area contributed by atoms with Gasteiger partial charge in [0.25, 0.3) is 0 Å². The molecule has 1 atom stereocenters. The van der Waals surface area contributed by atoms with Gasteiger partial charge in [0, 0.05) is 29.3 Å². The fourth-order valence-corrected chi connectivity index (χ4v) is 2.28. The highest BCUT2D eigenvalue weighted by Gasteiger charge is 2.18. The number of hydrogen-bond donors (Lipinski definition) is 3. The zero-order valence-corrected chi connectivity index (χ0v) is 13.6. The molecule has 0 bridgehead atoms. The molecule has 0 radical (unpaired) electrons. The minimum atomic E-state index is -0.847. The fraction of sp³-hybridized carbons (Fsp3) is 0.176. The number of methoxy groups -OCH3 is 1. The van der Waals surface area contributed by atoms with Crippen molar-refractivity contribution in [3.63, 3.8) is 0 Å². The van der Waals surface area contributed by atoms with Crippen LogP contribution in [0.1, 0.15) is 11.1 Å². The topological polar surface area (TPSA) is 99.4 Å². The molecule has 3 N–H and O–H groups in total. The fourth-order valence-electron chi connectivity index (χ4n) is 2.06. The van der Waals surface area contributed by atoms with Gasteiger partial charge >= 0.3 is 5.97 Å². The summed E-state index contributed by atoms with van der Waals surface area (Å²) in [4.78, 5) is 16.0. The van der Waals surface area contributed by atoms with Crippen molar-refractivity contribution in [2.45, 2.75) is 12.5 Å². The van der Waals surface area contributed by atoms with E-state index >= 15 is 0 Å². The lowest BCUT2D eigenvalue weighted by Crippen LogP contribution is -2.23. The first-order chi connectivity index (χ1) is 11.4. The van der Waals surface area contributed by atoms with Crippen LogP contribution in [0.5, 0.6) is 17.2 Å². The Kier molecular flexibility index (Phi) is 5.65. The van der Waals surface area contributed by atoms with Gasteiger partial charge in [-0.15, -0.1) is 0 Å². The second-order valence-electron chi connectivity index (χ2n) is 5.05. The van der Waals surface area contributed by atoms with Gasteiger partial charge in [0.2, 0.25) is 0 Å². The highest BCUT2D eigenvalue weighted by atomic mass is 35.5. The number of nitrogens with zero attached hydrogens (tertiary/aromatic N) is 1. The maximum absolute atomic E-state index is 11.9. The summed E-state index contributed by atoms with van der Waals surface area (Å²) < 4.78 is 4.73. The van der Waals surface area contributed by atoms with Crippen LogP contribution in [0.4, 0.5) is 0 Å². The van der Waals surface area contributed by atoms with Crippen molar-refractivity contribution < 1.29 is 24.9 Å². The van der Waals surface area contributed by atoms with E-state index in [-0.39, 0.29) is 34.3 Å². The second-order valence-corrected chi connectivity index (χ2v) is 5.49. The Morgan fingerprint density at radius 3 is 2.54 bits per heavy atom. The summed E-state index contributed by atoms with van der Waals surface area (Å²) in [6.45, 7) is 0. The summed E-state index contributed by atoms with van der Waals surface area (Å²) in [5.41, 5.74) is 0.957. The van der Waals surface area contributed by atoms with E-state index in [0.29, 0.717) is 0 Å². The van der Waals surface area contributed by atoms with Gasteiger partial charge in [-0.05, 0) is 23.8 Å². The molecule has 0 aliphatic rings. The van der Waals surface area contributed by atoms with E-state index in [9.17, 15) is 20.1 Å². The summed E-state index contributed by atoms with van der Waals surface area (Å²) >= 11 is 5.82. The summed E-state index contributed by atoms with van der Waals surface area (Å²) in [6, 6.07) is 8.12. The highest BCUT2D eigenvalue weighted by molar-refractivity contribution is 6.31. The van der Waals surface area contributed by atoms with Crippen molar-refractivity contribution in [1.29, 1.82) is 0 Å². The maximum Gasteiger partial charge on any atom is 0.330 e. The van der Waals surface area contributed by atoms with Gasteiger partial charge in [0.15, 0.2) is 17.5 Å². The predicted octanol–water partition coefficient (Wildman–Crippen LogP) is 2.66. The van der Waals surface area contributed by atoms with E-state index in [1.807, 2.05) is 0 Å². The SMILES string of the molecule is COC(=O)C(Cc1ccc(O)cc1)N=Cc1cc(Cl)cc(O)c1O. The number of phenols is 3. The van der Waals surface area contributed by atoms with Gasteiger partial charge in [-0.2, -0.15) is 0 Å². The lowest BCUT2D eigenvalue weighted by atomic mass is 10.1. The standard InChI is InChI=1S/C17H16ClNO5/c1-24-17(23)14(6-10-2-4-13(20)5-3-10)19-9-11-7-12(18)8-15(21)16(11)22/h2-5,7-9,14,20-22H,6H2,1H3. The summed E-state index contributed by atoms with van der Waals surface area (Å²) in [7, 11) is 1.25. The van der Waals surface area contributed by atoms with E-state index in [1.165, 1.54) is 37.6 Å². The van der Waals surface area contributed by atoms with Crippen LogP contribution in [0.2, 0.25) is 5.02 Å². The van der Waals surface area contributed by atoms with Crippen LogP contribution in [0.15, 0.2) is 41.4 Å². The summed E-state index contributed by atoms with van der Waals surface area (Å²) in [5.74, 6) is -1.19. The molecule has 0 fully saturated rings. The van der Waals surface area contributed by atoms with Crippen molar-refractivity contribution in [3.05, 3.63) is 52.5 Å². The Bertz CT molecular complexity index is 758. The number of aliphatic imine (C=N–C) groups is 1. The van der Waals surface area contributed by atoms with Crippen molar-refractivity contribution in [1.82, 2.24) is 0 Å². The average molecular weight is 350 g/mol. The normalized spacial score (nSPS) is 12.2. The average Bonchev–Trinajstić information content (AvgIpc) is 2.56. The zero-order valence-electron chi connectivity index (χ0n) is 12.8. The second kappa shape index (κ2) is 7.70. The quantitative estimate of drug-likeness (QED) is 0.438. The van der Waals surface area contributed by atoms with E-state index in [1.54, 1.807) is 12.1 Å². The number of carbonyl (C=O) groups excluding carboxylic acids is 1. The zero-order chi connectivity index (χ0) is 17.7. The molecule has 0 aliphatic carbocycles. The van der Waals surface area contributed by atoms with Crippen LogP contribution in [-0.2, 0) is 16.0 Å². The molecule has 0 aromatic heterocycles. The van der Waals surface area contributed by atoms with Crippen molar-refractivity contribution in [3.8, 4) is 17.2 Å². The van der Waals surface area contributed by atoms with Gasteiger partial charge in [-0.25, -0.2) is 4.79 Å². The van der Waals surface area contributed by atoms with Crippen LogP contribution in [0.25, 0.3) is 0 Å². The van der Waals surface area contributed by atoms with Gasteiger partial charge in [0.1, 0.15) is 5.75 Å². The predicted molar refractivity (Wildman–Crippen MR) is 90.0 cm³/mol. The van der Waals surface area contributed by atoms with Crippen LogP contribution in [0.3, 0.4) is 0 Å². The molecule has 7 heteroatoms. The number of carbonyl (C=O) groups is 1. The number of hydrogen-bond acceptors (Lipinski definition) is 6. The van der Waals surface area contributed by atoms with Crippen molar-refractivity contribution in [2.75, 3.05) is 7.11 Å². The third-order valence-electron chi connectivity index (χ3n) is 3.32. The highest BCUT2D eigenvalue weighted by Crippen LogP contribution is 2.31. The molecular weight excluding hydrogens is 334 g/mol. The van der Waals surface area contributed by atoms with E-state index < -0.39 is 12.0 Å². The molecule has 0 aliphatic heterocycles. The van der Waals surface area contributed by atoms with Gasteiger partial charge in [0.05, 0.1) is 7.11 Å². The van der Waals surface area contributed by atoms with Gasteiger partial charge in [-0.1, -0.05) is 23.7 Å². The number of aromatic hydroxyl groups is 3. The monoisotopic (exact) mass is 349 g/mol. The Labute approximate surface area is 143 Å². The number of halogens is 1. The third-order valence-corrected chi connectivity index (χ3v) is 3.53. The summed E-state index contributed by atoms with van der Waals surface area (Å²) in [6.07, 6.45) is 1.50. The maximum atomic E-state index is 11.9. The van der Waals surface area contributed by atoms with E-state index in [4.69, 9.17) is 16.3 Å². The molecule has 2 aromatic rings. The summed E-state index contributed by atoms with van der Waals surface area (Å²) in [5, 5.41) is 28.9. The first kappa shape index (κ1) is 17.6. The minimum Gasteiger partial charge on any atom is -0.508 e. The Morgan fingerprint density at radius 2 is 1.92 bits per heavy atom. The van der Waals surface area contributed by atoms with Crippen molar-refractivity contribution >= 4 is 23.8 Å². The number of rotatable bonds is 5. The lowest BCUT2D eigenvalue weighted by molar-refractivity contribution is -0.142. The Morgan fingerprint density at radius 1 is 1.25 bits per heavy atom. The smallest absolute Gasteiger partial charge is 0.330 e. The molecule has 2 rings (SSSR count). The molecule has 0 saturated carbocycles. The molecule has 0 saturated heterocycles. The molecule has 0 heterocycles. The van der Waals surface area contributed by atoms with Crippen LogP contribution in [0, 0.1) is 0 Å². The molecule has 1 unspecified atom stereocenters.